The summed E-state index contributed by atoms with van der Waals surface area (Å²) >= 11 is 3.62. The molecule has 0 atom stereocenters. The summed E-state index contributed by atoms with van der Waals surface area (Å²) in [6.45, 7) is 6.44. The maximum Gasteiger partial charge on any atom is 0.117 e. The van der Waals surface area contributed by atoms with Crippen LogP contribution in [0.1, 0.15) is 31.2 Å². The van der Waals surface area contributed by atoms with Crippen molar-refractivity contribution >= 4 is 32.7 Å². The standard InChI is InChI=1S/C17H18BrN3/c1-10(2)17-20-14-9-12(19)7-8-16(14)21(17)15-6-4-5-13(18)11(15)3/h4-10H,19H2,1-3H3. The van der Waals surface area contributed by atoms with Crippen molar-refractivity contribution < 1.29 is 0 Å². The summed E-state index contributed by atoms with van der Waals surface area (Å²) < 4.78 is 3.34. The minimum Gasteiger partial charge on any atom is -0.399 e. The van der Waals surface area contributed by atoms with E-state index in [1.807, 2.05) is 18.2 Å². The molecule has 3 nitrogen and oxygen atoms in total. The Labute approximate surface area is 132 Å². The zero-order valence-corrected chi connectivity index (χ0v) is 14.0. The molecule has 0 bridgehead atoms. The second-order valence-corrected chi connectivity index (χ2v) is 6.45. The van der Waals surface area contributed by atoms with Crippen molar-refractivity contribution in [3.63, 3.8) is 0 Å². The molecule has 0 spiro atoms. The molecule has 0 unspecified atom stereocenters. The molecule has 0 aliphatic rings. The zero-order chi connectivity index (χ0) is 15.1. The summed E-state index contributed by atoms with van der Waals surface area (Å²) in [5, 5.41) is 0. The Morgan fingerprint density at radius 3 is 2.67 bits per heavy atom. The monoisotopic (exact) mass is 343 g/mol. The van der Waals surface area contributed by atoms with Crippen LogP contribution in [0, 0.1) is 6.92 Å². The van der Waals surface area contributed by atoms with E-state index in [-0.39, 0.29) is 0 Å². The number of benzene rings is 2. The minimum absolute atomic E-state index is 0.331. The molecular formula is C17H18BrN3. The van der Waals surface area contributed by atoms with Gasteiger partial charge in [-0.05, 0) is 42.8 Å². The lowest BCUT2D eigenvalue weighted by molar-refractivity contribution is 0.758. The predicted octanol–water partition coefficient (Wildman–Crippen LogP) is 4.80. The summed E-state index contributed by atoms with van der Waals surface area (Å²) in [5.41, 5.74) is 11.0. The van der Waals surface area contributed by atoms with E-state index in [0.717, 1.165) is 32.7 Å². The molecule has 0 aliphatic heterocycles. The normalized spacial score (nSPS) is 11.5. The van der Waals surface area contributed by atoms with Crippen LogP contribution in [-0.2, 0) is 0 Å². The number of aromatic nitrogens is 2. The molecule has 2 aromatic carbocycles. The molecular weight excluding hydrogens is 326 g/mol. The first kappa shape index (κ1) is 14.1. The van der Waals surface area contributed by atoms with Gasteiger partial charge in [-0.3, -0.25) is 4.57 Å². The van der Waals surface area contributed by atoms with Gasteiger partial charge in [-0.1, -0.05) is 35.8 Å². The Morgan fingerprint density at radius 1 is 1.19 bits per heavy atom. The summed E-state index contributed by atoms with van der Waals surface area (Å²) in [6.07, 6.45) is 0. The van der Waals surface area contributed by atoms with Gasteiger partial charge >= 0.3 is 0 Å². The second kappa shape index (κ2) is 5.19. The van der Waals surface area contributed by atoms with Crippen molar-refractivity contribution in [1.29, 1.82) is 0 Å². The Morgan fingerprint density at radius 2 is 1.95 bits per heavy atom. The summed E-state index contributed by atoms with van der Waals surface area (Å²) in [5.74, 6) is 1.38. The SMILES string of the molecule is Cc1c(Br)cccc1-n1c(C(C)C)nc2cc(N)ccc21. The Bertz CT molecular complexity index is 818. The van der Waals surface area contributed by atoms with Crippen LogP contribution in [-0.4, -0.2) is 9.55 Å². The van der Waals surface area contributed by atoms with Gasteiger partial charge in [0.15, 0.2) is 0 Å². The van der Waals surface area contributed by atoms with E-state index in [1.54, 1.807) is 0 Å². The molecule has 0 saturated heterocycles. The van der Waals surface area contributed by atoms with Gasteiger partial charge in [-0.15, -0.1) is 0 Å². The van der Waals surface area contributed by atoms with Gasteiger partial charge in [0.05, 0.1) is 16.7 Å². The highest BCUT2D eigenvalue weighted by Gasteiger charge is 2.17. The number of nitrogens with zero attached hydrogens (tertiary/aromatic N) is 2. The quantitative estimate of drug-likeness (QED) is 0.679. The Kier molecular flexibility index (Phi) is 3.49. The summed E-state index contributed by atoms with van der Waals surface area (Å²) in [6, 6.07) is 12.2. The fraction of sp³-hybridized carbons (Fsp3) is 0.235. The van der Waals surface area contributed by atoms with Gasteiger partial charge in [0, 0.05) is 16.1 Å². The van der Waals surface area contributed by atoms with E-state index >= 15 is 0 Å². The number of nitrogen functional groups attached to an aromatic ring is 1. The molecule has 1 heterocycles. The fourth-order valence-corrected chi connectivity index (χ4v) is 2.95. The highest BCUT2D eigenvalue weighted by atomic mass is 79.9. The maximum atomic E-state index is 5.90. The highest BCUT2D eigenvalue weighted by Crippen LogP contribution is 2.31. The minimum atomic E-state index is 0.331. The third-order valence-electron chi connectivity index (χ3n) is 3.70. The van der Waals surface area contributed by atoms with E-state index in [1.165, 1.54) is 5.56 Å². The molecule has 108 valence electrons. The molecule has 21 heavy (non-hydrogen) atoms. The Hall–Kier alpha value is -1.81. The lowest BCUT2D eigenvalue weighted by Gasteiger charge is -2.15. The number of imidazole rings is 1. The molecule has 3 aromatic rings. The van der Waals surface area contributed by atoms with Crippen LogP contribution < -0.4 is 5.73 Å². The molecule has 4 heteroatoms. The van der Waals surface area contributed by atoms with Crippen LogP contribution in [0.3, 0.4) is 0 Å². The lowest BCUT2D eigenvalue weighted by atomic mass is 10.1. The van der Waals surface area contributed by atoms with Crippen molar-refractivity contribution in [3.05, 3.63) is 52.3 Å². The number of rotatable bonds is 2. The van der Waals surface area contributed by atoms with Crippen molar-refractivity contribution in [1.82, 2.24) is 9.55 Å². The molecule has 0 saturated carbocycles. The first-order chi connectivity index (χ1) is 9.99. The third kappa shape index (κ3) is 2.33. The zero-order valence-electron chi connectivity index (χ0n) is 12.4. The van der Waals surface area contributed by atoms with Crippen LogP contribution in [0.15, 0.2) is 40.9 Å². The van der Waals surface area contributed by atoms with E-state index in [4.69, 9.17) is 10.7 Å². The maximum absolute atomic E-state index is 5.90. The van der Waals surface area contributed by atoms with Crippen LogP contribution in [0.25, 0.3) is 16.7 Å². The summed E-state index contributed by atoms with van der Waals surface area (Å²) in [7, 11) is 0. The predicted molar refractivity (Wildman–Crippen MR) is 92.0 cm³/mol. The van der Waals surface area contributed by atoms with E-state index < -0.39 is 0 Å². The van der Waals surface area contributed by atoms with Crippen molar-refractivity contribution in [3.8, 4) is 5.69 Å². The largest absolute Gasteiger partial charge is 0.399 e. The molecule has 3 rings (SSSR count). The van der Waals surface area contributed by atoms with E-state index in [9.17, 15) is 0 Å². The van der Waals surface area contributed by atoms with Gasteiger partial charge in [-0.2, -0.15) is 0 Å². The van der Waals surface area contributed by atoms with Crippen molar-refractivity contribution in [2.45, 2.75) is 26.7 Å². The van der Waals surface area contributed by atoms with Gasteiger partial charge in [0.1, 0.15) is 5.82 Å². The van der Waals surface area contributed by atoms with Crippen molar-refractivity contribution in [2.75, 3.05) is 5.73 Å². The molecule has 1 aromatic heterocycles. The number of hydrogen-bond donors (Lipinski definition) is 1. The van der Waals surface area contributed by atoms with Crippen molar-refractivity contribution in [2.24, 2.45) is 0 Å². The fourth-order valence-electron chi connectivity index (χ4n) is 2.59. The third-order valence-corrected chi connectivity index (χ3v) is 4.56. The van der Waals surface area contributed by atoms with Gasteiger partial charge in [0.25, 0.3) is 0 Å². The molecule has 2 N–H and O–H groups in total. The first-order valence-corrected chi connectivity index (χ1v) is 7.81. The lowest BCUT2D eigenvalue weighted by Crippen LogP contribution is -2.05. The second-order valence-electron chi connectivity index (χ2n) is 5.59. The number of anilines is 1. The number of nitrogens with two attached hydrogens (primary N) is 1. The van der Waals surface area contributed by atoms with E-state index in [2.05, 4.69) is 59.5 Å². The van der Waals surface area contributed by atoms with Gasteiger partial charge in [0.2, 0.25) is 0 Å². The Balaban J connectivity index is 2.39. The average Bonchev–Trinajstić information content (AvgIpc) is 2.80. The topological polar surface area (TPSA) is 43.8 Å². The van der Waals surface area contributed by atoms with E-state index in [0.29, 0.717) is 5.92 Å². The first-order valence-electron chi connectivity index (χ1n) is 7.02. The van der Waals surface area contributed by atoms with Gasteiger partial charge in [-0.25, -0.2) is 4.98 Å². The average molecular weight is 344 g/mol. The number of fused-ring (bicyclic) bond motifs is 1. The molecule has 0 aliphatic carbocycles. The highest BCUT2D eigenvalue weighted by molar-refractivity contribution is 9.10. The summed E-state index contributed by atoms with van der Waals surface area (Å²) in [4.78, 5) is 4.79. The number of hydrogen-bond acceptors (Lipinski definition) is 2. The smallest absolute Gasteiger partial charge is 0.117 e. The molecule has 0 amide bonds. The molecule has 0 fully saturated rings. The molecule has 0 radical (unpaired) electrons. The van der Waals surface area contributed by atoms with Crippen LogP contribution in [0.5, 0.6) is 0 Å². The number of halogens is 1. The van der Waals surface area contributed by atoms with Crippen LogP contribution in [0.2, 0.25) is 0 Å². The van der Waals surface area contributed by atoms with Gasteiger partial charge < -0.3 is 5.73 Å². The van der Waals surface area contributed by atoms with Crippen LogP contribution in [0.4, 0.5) is 5.69 Å². The van der Waals surface area contributed by atoms with Crippen LogP contribution >= 0.6 is 15.9 Å².